The maximum absolute atomic E-state index is 11.4. The Morgan fingerprint density at radius 2 is 2.12 bits per heavy atom. The van der Waals surface area contributed by atoms with Crippen molar-refractivity contribution in [2.75, 3.05) is 24.6 Å². The van der Waals surface area contributed by atoms with Crippen molar-refractivity contribution < 1.29 is 4.79 Å². The number of hydrogen-bond acceptors (Lipinski definition) is 3. The Balaban J connectivity index is 3.36. The third kappa shape index (κ3) is 10.3. The predicted octanol–water partition coefficient (Wildman–Crippen LogP) is 2.02. The Morgan fingerprint density at radius 3 is 2.75 bits per heavy atom. The predicted molar refractivity (Wildman–Crippen MR) is 73.0 cm³/mol. The molecule has 2 N–H and O–H groups in total. The van der Waals surface area contributed by atoms with Crippen molar-refractivity contribution in [2.45, 2.75) is 46.1 Å². The number of nitrogens with one attached hydrogen (secondary N) is 2. The minimum absolute atomic E-state index is 0.114. The molecule has 0 aromatic rings. The van der Waals surface area contributed by atoms with Crippen LogP contribution in [-0.2, 0) is 4.79 Å². The van der Waals surface area contributed by atoms with Crippen LogP contribution < -0.4 is 10.6 Å². The Kier molecular flexibility index (Phi) is 11.1. The van der Waals surface area contributed by atoms with E-state index >= 15 is 0 Å². The lowest BCUT2D eigenvalue weighted by Crippen LogP contribution is -2.38. The summed E-state index contributed by atoms with van der Waals surface area (Å²) in [6, 6.07) is 0.427. The second-order valence-electron chi connectivity index (χ2n) is 3.97. The highest BCUT2D eigenvalue weighted by molar-refractivity contribution is 7.99. The number of thioether (sulfide) groups is 1. The molecule has 4 heteroatoms. The van der Waals surface area contributed by atoms with Crippen molar-refractivity contribution in [2.24, 2.45) is 0 Å². The van der Waals surface area contributed by atoms with Gasteiger partial charge < -0.3 is 10.6 Å². The summed E-state index contributed by atoms with van der Waals surface area (Å²) in [6.07, 6.45) is 3.31. The number of carbonyl (C=O) groups is 1. The number of hydrogen-bond donors (Lipinski definition) is 2. The molecule has 0 radical (unpaired) electrons. The molecule has 0 spiro atoms. The summed E-state index contributed by atoms with van der Waals surface area (Å²) < 4.78 is 0. The topological polar surface area (TPSA) is 41.1 Å². The SMILES string of the molecule is CCCCNC(=O)CNC(C)CCSCC. The standard InChI is InChI=1S/C12H26N2OS/c1-4-6-8-13-12(15)10-14-11(3)7-9-16-5-2/h11,14H,4-10H2,1-3H3,(H,13,15). The van der Waals surface area contributed by atoms with Crippen molar-refractivity contribution in [3.8, 4) is 0 Å². The molecule has 0 heterocycles. The minimum atomic E-state index is 0.114. The zero-order valence-electron chi connectivity index (χ0n) is 10.8. The monoisotopic (exact) mass is 246 g/mol. The van der Waals surface area contributed by atoms with Crippen LogP contribution in [0.1, 0.15) is 40.0 Å². The van der Waals surface area contributed by atoms with Gasteiger partial charge in [-0.1, -0.05) is 20.3 Å². The van der Waals surface area contributed by atoms with E-state index in [9.17, 15) is 4.79 Å². The van der Waals surface area contributed by atoms with Crippen molar-refractivity contribution in [3.05, 3.63) is 0 Å². The summed E-state index contributed by atoms with van der Waals surface area (Å²) in [5.41, 5.74) is 0. The van der Waals surface area contributed by atoms with Crippen LogP contribution in [0, 0.1) is 0 Å². The smallest absolute Gasteiger partial charge is 0.233 e. The fourth-order valence-corrected chi connectivity index (χ4v) is 2.05. The molecule has 16 heavy (non-hydrogen) atoms. The summed E-state index contributed by atoms with van der Waals surface area (Å²) in [5, 5.41) is 6.14. The quantitative estimate of drug-likeness (QED) is 0.580. The molecule has 0 aromatic carbocycles. The van der Waals surface area contributed by atoms with Gasteiger partial charge in [0.15, 0.2) is 0 Å². The summed E-state index contributed by atoms with van der Waals surface area (Å²) in [7, 11) is 0. The third-order valence-corrected chi connectivity index (χ3v) is 3.30. The first kappa shape index (κ1) is 15.8. The van der Waals surface area contributed by atoms with E-state index in [-0.39, 0.29) is 5.91 Å². The van der Waals surface area contributed by atoms with E-state index in [2.05, 4.69) is 31.4 Å². The van der Waals surface area contributed by atoms with Crippen LogP contribution in [0.5, 0.6) is 0 Å². The van der Waals surface area contributed by atoms with Gasteiger partial charge in [-0.25, -0.2) is 0 Å². The number of amides is 1. The van der Waals surface area contributed by atoms with E-state index in [1.165, 1.54) is 11.5 Å². The molecule has 0 bridgehead atoms. The largest absolute Gasteiger partial charge is 0.355 e. The maximum Gasteiger partial charge on any atom is 0.233 e. The van der Waals surface area contributed by atoms with E-state index in [1.54, 1.807) is 0 Å². The summed E-state index contributed by atoms with van der Waals surface area (Å²) >= 11 is 1.95. The molecule has 0 aliphatic heterocycles. The minimum Gasteiger partial charge on any atom is -0.355 e. The van der Waals surface area contributed by atoms with Gasteiger partial charge >= 0.3 is 0 Å². The first-order valence-electron chi connectivity index (χ1n) is 6.28. The molecule has 0 aliphatic rings. The molecule has 0 saturated heterocycles. The lowest BCUT2D eigenvalue weighted by molar-refractivity contribution is -0.120. The van der Waals surface area contributed by atoms with Gasteiger partial charge in [0.2, 0.25) is 5.91 Å². The normalized spacial score (nSPS) is 12.4. The molecule has 1 atom stereocenters. The second-order valence-corrected chi connectivity index (χ2v) is 5.36. The van der Waals surface area contributed by atoms with Crippen molar-refractivity contribution in [1.29, 1.82) is 0 Å². The Bertz CT molecular complexity index is 176. The molecule has 0 rings (SSSR count). The summed E-state index contributed by atoms with van der Waals surface area (Å²) in [5.74, 6) is 2.45. The van der Waals surface area contributed by atoms with Crippen molar-refractivity contribution >= 4 is 17.7 Å². The van der Waals surface area contributed by atoms with Gasteiger partial charge in [-0.3, -0.25) is 4.79 Å². The lowest BCUT2D eigenvalue weighted by Gasteiger charge is -2.13. The average Bonchev–Trinajstić information content (AvgIpc) is 2.27. The highest BCUT2D eigenvalue weighted by atomic mass is 32.2. The summed E-state index contributed by atoms with van der Waals surface area (Å²) in [6.45, 7) is 7.68. The number of rotatable bonds is 10. The fraction of sp³-hybridized carbons (Fsp3) is 0.917. The van der Waals surface area contributed by atoms with Gasteiger partial charge in [0, 0.05) is 12.6 Å². The van der Waals surface area contributed by atoms with Crippen LogP contribution in [-0.4, -0.2) is 36.5 Å². The van der Waals surface area contributed by atoms with Crippen molar-refractivity contribution in [1.82, 2.24) is 10.6 Å². The van der Waals surface area contributed by atoms with Gasteiger partial charge in [0.25, 0.3) is 0 Å². The van der Waals surface area contributed by atoms with Gasteiger partial charge in [-0.05, 0) is 31.3 Å². The van der Waals surface area contributed by atoms with Gasteiger partial charge in [-0.15, -0.1) is 0 Å². The van der Waals surface area contributed by atoms with E-state index < -0.39 is 0 Å². The lowest BCUT2D eigenvalue weighted by atomic mass is 10.2. The van der Waals surface area contributed by atoms with Gasteiger partial charge in [0.1, 0.15) is 0 Å². The number of unbranched alkanes of at least 4 members (excludes halogenated alkanes) is 1. The zero-order valence-corrected chi connectivity index (χ0v) is 11.7. The zero-order chi connectivity index (χ0) is 12.2. The average molecular weight is 246 g/mol. The molecule has 0 fully saturated rings. The van der Waals surface area contributed by atoms with Crippen LogP contribution in [0.2, 0.25) is 0 Å². The highest BCUT2D eigenvalue weighted by Gasteiger charge is 2.04. The molecule has 96 valence electrons. The van der Waals surface area contributed by atoms with Crippen molar-refractivity contribution in [3.63, 3.8) is 0 Å². The van der Waals surface area contributed by atoms with Crippen LogP contribution in [0.25, 0.3) is 0 Å². The van der Waals surface area contributed by atoms with Crippen LogP contribution >= 0.6 is 11.8 Å². The highest BCUT2D eigenvalue weighted by Crippen LogP contribution is 2.03. The Hall–Kier alpha value is -0.220. The summed E-state index contributed by atoms with van der Waals surface area (Å²) in [4.78, 5) is 11.4. The first-order valence-corrected chi connectivity index (χ1v) is 7.44. The second kappa shape index (κ2) is 11.3. The third-order valence-electron chi connectivity index (χ3n) is 2.36. The van der Waals surface area contributed by atoms with Crippen LogP contribution in [0.15, 0.2) is 0 Å². The van der Waals surface area contributed by atoms with Crippen LogP contribution in [0.4, 0.5) is 0 Å². The first-order chi connectivity index (χ1) is 7.70. The number of carbonyl (C=O) groups excluding carboxylic acids is 1. The van der Waals surface area contributed by atoms with E-state index in [4.69, 9.17) is 0 Å². The Labute approximate surface area is 104 Å². The van der Waals surface area contributed by atoms with Gasteiger partial charge in [-0.2, -0.15) is 11.8 Å². The molecular formula is C12H26N2OS. The maximum atomic E-state index is 11.4. The van der Waals surface area contributed by atoms with Crippen LogP contribution in [0.3, 0.4) is 0 Å². The Morgan fingerprint density at radius 1 is 1.38 bits per heavy atom. The fourth-order valence-electron chi connectivity index (χ4n) is 1.24. The molecule has 1 unspecified atom stereocenters. The van der Waals surface area contributed by atoms with E-state index in [1.807, 2.05) is 11.8 Å². The van der Waals surface area contributed by atoms with E-state index in [0.717, 1.165) is 25.8 Å². The molecule has 0 saturated carbocycles. The molecular weight excluding hydrogens is 220 g/mol. The molecule has 0 aromatic heterocycles. The van der Waals surface area contributed by atoms with E-state index in [0.29, 0.717) is 12.6 Å². The van der Waals surface area contributed by atoms with Gasteiger partial charge in [0.05, 0.1) is 6.54 Å². The molecule has 3 nitrogen and oxygen atoms in total. The molecule has 0 aliphatic carbocycles. The molecule has 1 amide bonds.